The van der Waals surface area contributed by atoms with Crippen LogP contribution in [0.25, 0.3) is 0 Å². The van der Waals surface area contributed by atoms with Crippen LogP contribution in [0.2, 0.25) is 0 Å². The summed E-state index contributed by atoms with van der Waals surface area (Å²) < 4.78 is 0.569. The molecule has 1 unspecified atom stereocenters. The molecule has 16 heavy (non-hydrogen) atoms. The normalized spacial score (nSPS) is 30.2. The molecule has 0 aromatic carbocycles. The monoisotopic (exact) mass is 242 g/mol. The SMILES string of the molecule is CSC1(CNC2CCCNCC2)CCCC1. The standard InChI is InChI=1S/C13H26N2S/c1-16-13(7-2-3-8-13)11-15-12-5-4-9-14-10-6-12/h12,14-15H,2-11H2,1H3. The van der Waals surface area contributed by atoms with E-state index in [9.17, 15) is 0 Å². The van der Waals surface area contributed by atoms with Gasteiger partial charge in [0.1, 0.15) is 0 Å². The molecule has 2 fully saturated rings. The van der Waals surface area contributed by atoms with Crippen molar-refractivity contribution in [3.05, 3.63) is 0 Å². The molecule has 0 amide bonds. The highest BCUT2D eigenvalue weighted by Crippen LogP contribution is 2.39. The Bertz CT molecular complexity index is 194. The molecule has 0 bridgehead atoms. The van der Waals surface area contributed by atoms with Gasteiger partial charge in [-0.05, 0) is 51.4 Å². The van der Waals surface area contributed by atoms with Crippen LogP contribution in [0.5, 0.6) is 0 Å². The van der Waals surface area contributed by atoms with Crippen LogP contribution in [0.1, 0.15) is 44.9 Å². The lowest BCUT2D eigenvalue weighted by molar-refractivity contribution is 0.429. The fourth-order valence-corrected chi connectivity index (χ4v) is 3.95. The molecule has 0 spiro atoms. The van der Waals surface area contributed by atoms with E-state index in [0.29, 0.717) is 4.75 Å². The third-order valence-electron chi connectivity index (χ3n) is 4.24. The van der Waals surface area contributed by atoms with Crippen molar-refractivity contribution in [1.82, 2.24) is 10.6 Å². The van der Waals surface area contributed by atoms with Crippen LogP contribution in [0, 0.1) is 0 Å². The molecule has 3 heteroatoms. The maximum Gasteiger partial charge on any atom is 0.0281 e. The maximum absolute atomic E-state index is 3.83. The van der Waals surface area contributed by atoms with Crippen molar-refractivity contribution in [2.45, 2.75) is 55.7 Å². The first-order valence-corrected chi connectivity index (χ1v) is 8.06. The van der Waals surface area contributed by atoms with Gasteiger partial charge in [0.15, 0.2) is 0 Å². The highest BCUT2D eigenvalue weighted by atomic mass is 32.2. The van der Waals surface area contributed by atoms with Crippen LogP contribution in [-0.4, -0.2) is 36.7 Å². The molecular formula is C13H26N2S. The van der Waals surface area contributed by atoms with Gasteiger partial charge < -0.3 is 10.6 Å². The van der Waals surface area contributed by atoms with E-state index >= 15 is 0 Å². The van der Waals surface area contributed by atoms with Crippen molar-refractivity contribution in [2.24, 2.45) is 0 Å². The van der Waals surface area contributed by atoms with Crippen LogP contribution in [-0.2, 0) is 0 Å². The molecule has 2 rings (SSSR count). The molecule has 1 heterocycles. The molecule has 1 aliphatic heterocycles. The Labute approximate surface area is 104 Å². The molecule has 0 radical (unpaired) electrons. The van der Waals surface area contributed by atoms with Crippen molar-refractivity contribution >= 4 is 11.8 Å². The quantitative estimate of drug-likeness (QED) is 0.791. The van der Waals surface area contributed by atoms with Gasteiger partial charge in [0, 0.05) is 17.3 Å². The first kappa shape index (κ1) is 12.7. The second-order valence-electron chi connectivity index (χ2n) is 5.35. The fourth-order valence-electron chi connectivity index (χ4n) is 3.03. The molecule has 0 aromatic heterocycles. The Hall–Kier alpha value is 0.270. The van der Waals surface area contributed by atoms with Crippen LogP contribution >= 0.6 is 11.8 Å². The summed E-state index contributed by atoms with van der Waals surface area (Å²) in [5.74, 6) is 0. The third kappa shape index (κ3) is 3.38. The minimum Gasteiger partial charge on any atom is -0.317 e. The molecular weight excluding hydrogens is 216 g/mol. The molecule has 1 saturated heterocycles. The predicted molar refractivity (Wildman–Crippen MR) is 73.2 cm³/mol. The van der Waals surface area contributed by atoms with Crippen LogP contribution in [0.3, 0.4) is 0 Å². The molecule has 0 aromatic rings. The zero-order valence-corrected chi connectivity index (χ0v) is 11.4. The van der Waals surface area contributed by atoms with Crippen molar-refractivity contribution < 1.29 is 0 Å². The van der Waals surface area contributed by atoms with Gasteiger partial charge in [-0.1, -0.05) is 12.8 Å². The molecule has 1 saturated carbocycles. The van der Waals surface area contributed by atoms with E-state index in [1.54, 1.807) is 0 Å². The second kappa shape index (κ2) is 6.27. The summed E-state index contributed by atoms with van der Waals surface area (Å²) in [5, 5.41) is 7.32. The number of hydrogen-bond acceptors (Lipinski definition) is 3. The van der Waals surface area contributed by atoms with E-state index in [2.05, 4.69) is 28.7 Å². The zero-order chi connectivity index (χ0) is 11.3. The van der Waals surface area contributed by atoms with E-state index in [1.165, 1.54) is 64.6 Å². The van der Waals surface area contributed by atoms with E-state index in [-0.39, 0.29) is 0 Å². The lowest BCUT2D eigenvalue weighted by atomic mass is 10.0. The summed E-state index contributed by atoms with van der Waals surface area (Å²) in [4.78, 5) is 0. The second-order valence-corrected chi connectivity index (χ2v) is 6.63. The van der Waals surface area contributed by atoms with Crippen molar-refractivity contribution in [3.63, 3.8) is 0 Å². The van der Waals surface area contributed by atoms with Gasteiger partial charge in [0.05, 0.1) is 0 Å². The van der Waals surface area contributed by atoms with Crippen molar-refractivity contribution in [3.8, 4) is 0 Å². The summed E-state index contributed by atoms with van der Waals surface area (Å²) in [6.07, 6.45) is 12.0. The van der Waals surface area contributed by atoms with Gasteiger partial charge in [0.2, 0.25) is 0 Å². The average Bonchev–Trinajstić information content (AvgIpc) is 2.63. The molecule has 1 atom stereocenters. The summed E-state index contributed by atoms with van der Waals surface area (Å²) in [7, 11) is 0. The summed E-state index contributed by atoms with van der Waals surface area (Å²) in [6, 6.07) is 0.764. The van der Waals surface area contributed by atoms with Gasteiger partial charge in [-0.15, -0.1) is 0 Å². The predicted octanol–water partition coefficient (Wildman–Crippen LogP) is 2.39. The van der Waals surface area contributed by atoms with Gasteiger partial charge in [-0.2, -0.15) is 11.8 Å². The van der Waals surface area contributed by atoms with E-state index in [0.717, 1.165) is 6.04 Å². The molecule has 94 valence electrons. The number of rotatable bonds is 4. The van der Waals surface area contributed by atoms with E-state index in [4.69, 9.17) is 0 Å². The Morgan fingerprint density at radius 1 is 1.19 bits per heavy atom. The third-order valence-corrected chi connectivity index (χ3v) is 5.66. The van der Waals surface area contributed by atoms with Crippen LogP contribution in [0.15, 0.2) is 0 Å². The molecule has 1 aliphatic carbocycles. The number of hydrogen-bond donors (Lipinski definition) is 2. The average molecular weight is 242 g/mol. The minimum atomic E-state index is 0.569. The highest BCUT2D eigenvalue weighted by molar-refractivity contribution is 8.00. The Kier molecular flexibility index (Phi) is 4.98. The lowest BCUT2D eigenvalue weighted by Crippen LogP contribution is -2.41. The molecule has 2 nitrogen and oxygen atoms in total. The zero-order valence-electron chi connectivity index (χ0n) is 10.6. The summed E-state index contributed by atoms with van der Waals surface area (Å²) in [5.41, 5.74) is 0. The van der Waals surface area contributed by atoms with E-state index in [1.807, 2.05) is 0 Å². The number of thioether (sulfide) groups is 1. The first-order chi connectivity index (χ1) is 7.85. The molecule has 2 N–H and O–H groups in total. The number of nitrogens with one attached hydrogen (secondary N) is 2. The Morgan fingerprint density at radius 2 is 2.00 bits per heavy atom. The summed E-state index contributed by atoms with van der Waals surface area (Å²) in [6.45, 7) is 3.65. The van der Waals surface area contributed by atoms with Crippen LogP contribution < -0.4 is 10.6 Å². The topological polar surface area (TPSA) is 24.1 Å². The minimum absolute atomic E-state index is 0.569. The lowest BCUT2D eigenvalue weighted by Gasteiger charge is -2.29. The summed E-state index contributed by atoms with van der Waals surface area (Å²) >= 11 is 2.10. The van der Waals surface area contributed by atoms with Gasteiger partial charge in [-0.25, -0.2) is 0 Å². The Morgan fingerprint density at radius 3 is 2.75 bits per heavy atom. The first-order valence-electron chi connectivity index (χ1n) is 6.84. The fraction of sp³-hybridized carbons (Fsp3) is 1.00. The van der Waals surface area contributed by atoms with Crippen LogP contribution in [0.4, 0.5) is 0 Å². The maximum atomic E-state index is 3.83. The smallest absolute Gasteiger partial charge is 0.0281 e. The van der Waals surface area contributed by atoms with Crippen molar-refractivity contribution in [1.29, 1.82) is 0 Å². The van der Waals surface area contributed by atoms with E-state index < -0.39 is 0 Å². The van der Waals surface area contributed by atoms with Gasteiger partial charge in [0.25, 0.3) is 0 Å². The largest absolute Gasteiger partial charge is 0.317 e. The molecule has 2 aliphatic rings. The van der Waals surface area contributed by atoms with Gasteiger partial charge >= 0.3 is 0 Å². The van der Waals surface area contributed by atoms with Crippen molar-refractivity contribution in [2.75, 3.05) is 25.9 Å². The highest BCUT2D eigenvalue weighted by Gasteiger charge is 2.33. The Balaban J connectivity index is 1.76. The van der Waals surface area contributed by atoms with Gasteiger partial charge in [-0.3, -0.25) is 0 Å².